The maximum Gasteiger partial charge on any atom is 0.227 e. The summed E-state index contributed by atoms with van der Waals surface area (Å²) in [7, 11) is 5.66. The number of para-hydroxylation sites is 1. The van der Waals surface area contributed by atoms with E-state index in [1.54, 1.807) is 7.11 Å². The van der Waals surface area contributed by atoms with Crippen molar-refractivity contribution in [2.45, 2.75) is 18.8 Å². The number of carbonyl (C=O) groups excluding carboxylic acids is 1. The van der Waals surface area contributed by atoms with Crippen LogP contribution < -0.4 is 9.64 Å². The van der Waals surface area contributed by atoms with Gasteiger partial charge in [0.2, 0.25) is 5.91 Å². The molecule has 6 heteroatoms. The number of aromatic nitrogens is 2. The molecule has 0 N–H and O–H groups in total. The highest BCUT2D eigenvalue weighted by Gasteiger charge is 2.29. The molecule has 1 aromatic carbocycles. The van der Waals surface area contributed by atoms with Gasteiger partial charge in [0.15, 0.2) is 5.82 Å². The quantitative estimate of drug-likeness (QED) is 0.685. The molecule has 2 aromatic heterocycles. The highest BCUT2D eigenvalue weighted by molar-refractivity contribution is 5.80. The number of hydrogen-bond donors (Lipinski definition) is 0. The van der Waals surface area contributed by atoms with Crippen molar-refractivity contribution in [1.29, 1.82) is 0 Å². The second-order valence-corrected chi connectivity index (χ2v) is 7.50. The number of carbonyl (C=O) groups is 1. The Labute approximate surface area is 165 Å². The van der Waals surface area contributed by atoms with E-state index in [4.69, 9.17) is 9.72 Å². The minimum atomic E-state index is 0.141. The van der Waals surface area contributed by atoms with Crippen LogP contribution in [0.4, 0.5) is 5.82 Å². The van der Waals surface area contributed by atoms with Gasteiger partial charge in [-0.3, -0.25) is 4.79 Å². The lowest BCUT2D eigenvalue weighted by molar-refractivity contribution is -0.129. The maximum atomic E-state index is 12.8. The average Bonchev–Trinajstić information content (AvgIpc) is 3.37. The van der Waals surface area contributed by atoms with Crippen LogP contribution in [0.15, 0.2) is 48.8 Å². The number of ether oxygens (including phenoxy) is 1. The summed E-state index contributed by atoms with van der Waals surface area (Å²) in [5, 5.41) is 0. The summed E-state index contributed by atoms with van der Waals surface area (Å²) in [5.41, 5.74) is 3.07. The molecule has 1 unspecified atom stereocenters. The molecule has 0 spiro atoms. The van der Waals surface area contributed by atoms with E-state index in [9.17, 15) is 4.79 Å². The zero-order chi connectivity index (χ0) is 19.7. The minimum absolute atomic E-state index is 0.141. The molecule has 0 aliphatic carbocycles. The summed E-state index contributed by atoms with van der Waals surface area (Å²) in [6.07, 6.45) is 5.45. The van der Waals surface area contributed by atoms with Crippen LogP contribution in [0.3, 0.4) is 0 Å². The molecular weight excluding hydrogens is 352 g/mol. The van der Waals surface area contributed by atoms with E-state index < -0.39 is 0 Å². The summed E-state index contributed by atoms with van der Waals surface area (Å²) >= 11 is 0. The smallest absolute Gasteiger partial charge is 0.227 e. The average molecular weight is 378 g/mol. The number of hydrogen-bond acceptors (Lipinski definition) is 4. The third-order valence-corrected chi connectivity index (χ3v) is 5.43. The Balaban J connectivity index is 1.51. The van der Waals surface area contributed by atoms with Crippen LogP contribution in [0.5, 0.6) is 5.75 Å². The van der Waals surface area contributed by atoms with Crippen molar-refractivity contribution in [3.05, 3.63) is 60.0 Å². The molecule has 146 valence electrons. The fourth-order valence-electron chi connectivity index (χ4n) is 3.92. The maximum absolute atomic E-state index is 12.8. The van der Waals surface area contributed by atoms with Crippen LogP contribution >= 0.6 is 0 Å². The van der Waals surface area contributed by atoms with Gasteiger partial charge in [0.1, 0.15) is 5.75 Å². The van der Waals surface area contributed by atoms with E-state index in [1.807, 2.05) is 60.4 Å². The van der Waals surface area contributed by atoms with Gasteiger partial charge in [0.05, 0.1) is 24.7 Å². The lowest BCUT2D eigenvalue weighted by Gasteiger charge is -2.19. The first-order valence-electron chi connectivity index (χ1n) is 9.61. The zero-order valence-electron chi connectivity index (χ0n) is 16.6. The molecular formula is C22H26N4O2. The zero-order valence-corrected chi connectivity index (χ0v) is 16.6. The van der Waals surface area contributed by atoms with E-state index in [0.717, 1.165) is 41.3 Å². The Hall–Kier alpha value is -3.02. The molecule has 1 atom stereocenters. The predicted octanol–water partition coefficient (Wildman–Crippen LogP) is 2.97. The van der Waals surface area contributed by atoms with Crippen LogP contribution in [0, 0.1) is 0 Å². The standard InChI is InChI=1S/C22H26N4O2/c1-24(2)22-19-8-6-11-25(19)15-18(23-22)17-10-12-26(14-17)21(27)13-16-7-4-5-9-20(16)28-3/h4-9,11,15,17H,10,12-14H2,1-3H3. The number of amides is 1. The van der Waals surface area contributed by atoms with Gasteiger partial charge >= 0.3 is 0 Å². The van der Waals surface area contributed by atoms with Crippen molar-refractivity contribution in [2.24, 2.45) is 0 Å². The fourth-order valence-corrected chi connectivity index (χ4v) is 3.92. The number of benzene rings is 1. The van der Waals surface area contributed by atoms with E-state index in [-0.39, 0.29) is 11.8 Å². The van der Waals surface area contributed by atoms with Crippen LogP contribution in [0.25, 0.3) is 5.52 Å². The van der Waals surface area contributed by atoms with Crippen molar-refractivity contribution < 1.29 is 9.53 Å². The molecule has 1 fully saturated rings. The van der Waals surface area contributed by atoms with Gasteiger partial charge in [0, 0.05) is 51.1 Å². The number of nitrogens with zero attached hydrogens (tertiary/aromatic N) is 4. The lowest BCUT2D eigenvalue weighted by Crippen LogP contribution is -2.30. The van der Waals surface area contributed by atoms with Crippen molar-refractivity contribution in [1.82, 2.24) is 14.3 Å². The number of rotatable bonds is 5. The Morgan fingerprint density at radius 1 is 1.25 bits per heavy atom. The molecule has 4 rings (SSSR count). The van der Waals surface area contributed by atoms with Gasteiger partial charge in [-0.25, -0.2) is 4.98 Å². The third-order valence-electron chi connectivity index (χ3n) is 5.43. The van der Waals surface area contributed by atoms with Gasteiger partial charge in [-0.05, 0) is 24.6 Å². The topological polar surface area (TPSA) is 50.1 Å². The summed E-state index contributed by atoms with van der Waals surface area (Å²) in [5.74, 6) is 2.12. The molecule has 0 saturated carbocycles. The van der Waals surface area contributed by atoms with E-state index >= 15 is 0 Å². The highest BCUT2D eigenvalue weighted by Crippen LogP contribution is 2.30. The van der Waals surface area contributed by atoms with Crippen molar-refractivity contribution in [3.8, 4) is 5.75 Å². The third kappa shape index (κ3) is 3.42. The largest absolute Gasteiger partial charge is 0.496 e. The molecule has 28 heavy (non-hydrogen) atoms. The lowest BCUT2D eigenvalue weighted by atomic mass is 10.1. The van der Waals surface area contributed by atoms with Gasteiger partial charge in [-0.15, -0.1) is 0 Å². The monoisotopic (exact) mass is 378 g/mol. The fraction of sp³-hybridized carbons (Fsp3) is 0.364. The first kappa shape index (κ1) is 18.3. The molecule has 1 amide bonds. The second-order valence-electron chi connectivity index (χ2n) is 7.50. The number of anilines is 1. The molecule has 1 aliphatic heterocycles. The number of methoxy groups -OCH3 is 1. The van der Waals surface area contributed by atoms with E-state index in [0.29, 0.717) is 13.0 Å². The minimum Gasteiger partial charge on any atom is -0.496 e. The van der Waals surface area contributed by atoms with Crippen molar-refractivity contribution >= 4 is 17.2 Å². The van der Waals surface area contributed by atoms with Crippen LogP contribution in [-0.2, 0) is 11.2 Å². The predicted molar refractivity (Wildman–Crippen MR) is 110 cm³/mol. The van der Waals surface area contributed by atoms with Gasteiger partial charge < -0.3 is 18.9 Å². The molecule has 6 nitrogen and oxygen atoms in total. The SMILES string of the molecule is COc1ccccc1CC(=O)N1CCC(c2cn3cccc3c(N(C)C)n2)C1. The molecule has 0 radical (unpaired) electrons. The molecule has 0 bridgehead atoms. The van der Waals surface area contributed by atoms with E-state index in [1.165, 1.54) is 0 Å². The second kappa shape index (κ2) is 7.54. The summed E-state index contributed by atoms with van der Waals surface area (Å²) in [6.45, 7) is 1.47. The Bertz CT molecular complexity index is 995. The van der Waals surface area contributed by atoms with Crippen LogP contribution in [-0.4, -0.2) is 54.5 Å². The molecule has 1 saturated heterocycles. The van der Waals surface area contributed by atoms with Crippen molar-refractivity contribution in [3.63, 3.8) is 0 Å². The normalized spacial score (nSPS) is 16.5. The molecule has 1 aliphatic rings. The number of likely N-dealkylation sites (tertiary alicyclic amines) is 1. The van der Waals surface area contributed by atoms with Gasteiger partial charge in [-0.1, -0.05) is 18.2 Å². The van der Waals surface area contributed by atoms with Gasteiger partial charge in [-0.2, -0.15) is 0 Å². The Morgan fingerprint density at radius 3 is 2.86 bits per heavy atom. The summed E-state index contributed by atoms with van der Waals surface area (Å²) < 4.78 is 7.50. The highest BCUT2D eigenvalue weighted by atomic mass is 16.5. The molecule has 3 heterocycles. The number of fused-ring (bicyclic) bond motifs is 1. The van der Waals surface area contributed by atoms with Crippen LogP contribution in [0.1, 0.15) is 23.6 Å². The van der Waals surface area contributed by atoms with Crippen molar-refractivity contribution in [2.75, 3.05) is 39.2 Å². The summed E-state index contributed by atoms with van der Waals surface area (Å²) in [4.78, 5) is 21.7. The van der Waals surface area contributed by atoms with Crippen LogP contribution in [0.2, 0.25) is 0 Å². The molecule has 3 aromatic rings. The first-order valence-corrected chi connectivity index (χ1v) is 9.61. The first-order chi connectivity index (χ1) is 13.6. The summed E-state index contributed by atoms with van der Waals surface area (Å²) in [6, 6.07) is 11.8. The van der Waals surface area contributed by atoms with Gasteiger partial charge in [0.25, 0.3) is 0 Å². The van der Waals surface area contributed by atoms with E-state index in [2.05, 4.69) is 16.7 Å². The Kier molecular flexibility index (Phi) is 4.94. The Morgan fingerprint density at radius 2 is 2.07 bits per heavy atom.